The summed E-state index contributed by atoms with van der Waals surface area (Å²) in [6.45, 7) is 1.60. The van der Waals surface area contributed by atoms with Gasteiger partial charge in [0.25, 0.3) is 5.91 Å². The van der Waals surface area contributed by atoms with Crippen molar-refractivity contribution in [2.75, 3.05) is 42.6 Å². The minimum absolute atomic E-state index is 0.0836. The number of ether oxygens (including phenoxy) is 1. The number of sulfonamides is 1. The summed E-state index contributed by atoms with van der Waals surface area (Å²) in [5, 5.41) is 2.81. The third-order valence-electron chi connectivity index (χ3n) is 5.33. The largest absolute Gasteiger partial charge is 0.497 e. The number of anilines is 2. The van der Waals surface area contributed by atoms with E-state index in [4.69, 9.17) is 4.74 Å². The maximum absolute atomic E-state index is 12.8. The molecule has 9 heteroatoms. The minimum atomic E-state index is -3.53. The molecule has 0 saturated carbocycles. The van der Waals surface area contributed by atoms with E-state index in [1.54, 1.807) is 53.4 Å². The van der Waals surface area contributed by atoms with E-state index in [0.717, 1.165) is 32.2 Å². The molecule has 0 radical (unpaired) electrons. The van der Waals surface area contributed by atoms with Crippen LogP contribution in [0.5, 0.6) is 5.75 Å². The Kier molecular flexibility index (Phi) is 7.74. The fraction of sp³-hybridized carbons (Fsp3) is 0.391. The first-order valence-electron chi connectivity index (χ1n) is 10.6. The Balaban J connectivity index is 1.62. The van der Waals surface area contributed by atoms with Crippen LogP contribution in [0.2, 0.25) is 0 Å². The first kappa shape index (κ1) is 23.6. The number of para-hydroxylation sites is 1. The standard InChI is InChI=1S/C23H29N3O5S/c1-31-19-10-7-9-18(17-19)26(32(2,29)30)16-8-13-22(27)24-21-12-4-3-11-20(21)23(28)25-14-5-6-15-25/h3-4,7,9-12,17H,5-6,8,13-16H2,1-2H3,(H,24,27). The van der Waals surface area contributed by atoms with Gasteiger partial charge < -0.3 is 15.0 Å². The highest BCUT2D eigenvalue weighted by atomic mass is 32.2. The van der Waals surface area contributed by atoms with Crippen molar-refractivity contribution >= 4 is 33.2 Å². The Labute approximate surface area is 189 Å². The van der Waals surface area contributed by atoms with Crippen molar-refractivity contribution in [2.24, 2.45) is 0 Å². The van der Waals surface area contributed by atoms with E-state index in [9.17, 15) is 18.0 Å². The van der Waals surface area contributed by atoms with Gasteiger partial charge in [0.1, 0.15) is 5.75 Å². The Morgan fingerprint density at radius 1 is 1.09 bits per heavy atom. The normalized spacial score (nSPS) is 13.6. The van der Waals surface area contributed by atoms with Crippen LogP contribution in [0.3, 0.4) is 0 Å². The van der Waals surface area contributed by atoms with Gasteiger partial charge in [-0.2, -0.15) is 0 Å². The molecule has 3 rings (SSSR count). The lowest BCUT2D eigenvalue weighted by atomic mass is 10.1. The van der Waals surface area contributed by atoms with Crippen molar-refractivity contribution in [3.8, 4) is 5.75 Å². The molecule has 0 unspecified atom stereocenters. The first-order valence-corrected chi connectivity index (χ1v) is 12.4. The average Bonchev–Trinajstić information content (AvgIpc) is 3.31. The molecule has 0 aliphatic carbocycles. The van der Waals surface area contributed by atoms with Crippen LogP contribution in [-0.4, -0.2) is 58.1 Å². The van der Waals surface area contributed by atoms with Crippen molar-refractivity contribution in [1.82, 2.24) is 4.90 Å². The van der Waals surface area contributed by atoms with Crippen molar-refractivity contribution in [1.29, 1.82) is 0 Å². The lowest BCUT2D eigenvalue weighted by Gasteiger charge is -2.23. The molecule has 0 aromatic heterocycles. The van der Waals surface area contributed by atoms with Crippen LogP contribution in [0.25, 0.3) is 0 Å². The lowest BCUT2D eigenvalue weighted by Crippen LogP contribution is -2.31. The summed E-state index contributed by atoms with van der Waals surface area (Å²) in [6.07, 6.45) is 3.54. The van der Waals surface area contributed by atoms with E-state index in [1.165, 1.54) is 11.4 Å². The smallest absolute Gasteiger partial charge is 0.255 e. The van der Waals surface area contributed by atoms with Crippen molar-refractivity contribution in [3.05, 3.63) is 54.1 Å². The molecule has 0 atom stereocenters. The fourth-order valence-corrected chi connectivity index (χ4v) is 4.67. The Bertz CT molecular complexity index is 1060. The van der Waals surface area contributed by atoms with Crippen molar-refractivity contribution in [2.45, 2.75) is 25.7 Å². The van der Waals surface area contributed by atoms with E-state index in [-0.39, 0.29) is 24.8 Å². The van der Waals surface area contributed by atoms with Crippen LogP contribution in [0.15, 0.2) is 48.5 Å². The number of rotatable bonds is 9. The highest BCUT2D eigenvalue weighted by Crippen LogP contribution is 2.24. The van der Waals surface area contributed by atoms with Gasteiger partial charge in [-0.1, -0.05) is 18.2 Å². The van der Waals surface area contributed by atoms with E-state index in [1.807, 2.05) is 0 Å². The van der Waals surface area contributed by atoms with Gasteiger partial charge in [0.05, 0.1) is 30.3 Å². The second-order valence-corrected chi connectivity index (χ2v) is 9.64. The molecule has 1 aliphatic heterocycles. The van der Waals surface area contributed by atoms with Crippen LogP contribution in [0.4, 0.5) is 11.4 Å². The fourth-order valence-electron chi connectivity index (χ4n) is 3.72. The average molecular weight is 460 g/mol. The molecule has 1 N–H and O–H groups in total. The van der Waals surface area contributed by atoms with E-state index >= 15 is 0 Å². The number of carbonyl (C=O) groups is 2. The number of amides is 2. The molecular formula is C23H29N3O5S. The second kappa shape index (κ2) is 10.5. The summed E-state index contributed by atoms with van der Waals surface area (Å²) in [5.41, 5.74) is 1.42. The quantitative estimate of drug-likeness (QED) is 0.622. The van der Waals surface area contributed by atoms with Crippen molar-refractivity contribution in [3.63, 3.8) is 0 Å². The molecule has 1 aliphatic rings. The van der Waals surface area contributed by atoms with Crippen LogP contribution in [0.1, 0.15) is 36.0 Å². The van der Waals surface area contributed by atoms with Gasteiger partial charge in [0.15, 0.2) is 0 Å². The Morgan fingerprint density at radius 3 is 2.50 bits per heavy atom. The zero-order chi connectivity index (χ0) is 23.1. The van der Waals surface area contributed by atoms with E-state index in [2.05, 4.69) is 5.32 Å². The summed E-state index contributed by atoms with van der Waals surface area (Å²) in [6, 6.07) is 13.7. The van der Waals surface area contributed by atoms with Gasteiger partial charge in [-0.05, 0) is 43.5 Å². The third kappa shape index (κ3) is 6.00. The van der Waals surface area contributed by atoms with Crippen LogP contribution >= 0.6 is 0 Å². The predicted molar refractivity (Wildman–Crippen MR) is 125 cm³/mol. The number of nitrogens with one attached hydrogen (secondary N) is 1. The molecule has 2 aromatic carbocycles. The van der Waals surface area contributed by atoms with Gasteiger partial charge >= 0.3 is 0 Å². The molecule has 2 aromatic rings. The summed E-state index contributed by atoms with van der Waals surface area (Å²) in [7, 11) is -2.02. The topological polar surface area (TPSA) is 96.0 Å². The molecule has 0 spiro atoms. The number of likely N-dealkylation sites (tertiary alicyclic amines) is 1. The van der Waals surface area contributed by atoms with Gasteiger partial charge in [-0.15, -0.1) is 0 Å². The summed E-state index contributed by atoms with van der Waals surface area (Å²) in [5.74, 6) is 0.193. The monoisotopic (exact) mass is 459 g/mol. The van der Waals surface area contributed by atoms with Crippen LogP contribution in [0, 0.1) is 0 Å². The van der Waals surface area contributed by atoms with Crippen LogP contribution in [-0.2, 0) is 14.8 Å². The van der Waals surface area contributed by atoms with Gasteiger partial charge in [-0.3, -0.25) is 13.9 Å². The lowest BCUT2D eigenvalue weighted by molar-refractivity contribution is -0.116. The molecule has 1 saturated heterocycles. The van der Waals surface area contributed by atoms with Gasteiger partial charge in [0, 0.05) is 32.1 Å². The molecule has 8 nitrogen and oxygen atoms in total. The number of methoxy groups -OCH3 is 1. The number of hydrogen-bond acceptors (Lipinski definition) is 5. The van der Waals surface area contributed by atoms with E-state index in [0.29, 0.717) is 29.1 Å². The number of nitrogens with zero attached hydrogens (tertiary/aromatic N) is 2. The molecular weight excluding hydrogens is 430 g/mol. The van der Waals surface area contributed by atoms with Crippen LogP contribution < -0.4 is 14.4 Å². The molecule has 1 fully saturated rings. The van der Waals surface area contributed by atoms with E-state index < -0.39 is 10.0 Å². The molecule has 2 amide bonds. The van der Waals surface area contributed by atoms with Gasteiger partial charge in [0.2, 0.25) is 15.9 Å². The Hall–Kier alpha value is -3.07. The summed E-state index contributed by atoms with van der Waals surface area (Å²) in [4.78, 5) is 27.1. The zero-order valence-electron chi connectivity index (χ0n) is 18.4. The maximum atomic E-state index is 12.8. The highest BCUT2D eigenvalue weighted by molar-refractivity contribution is 7.92. The number of hydrogen-bond donors (Lipinski definition) is 1. The van der Waals surface area contributed by atoms with Gasteiger partial charge in [-0.25, -0.2) is 8.42 Å². The number of carbonyl (C=O) groups excluding carboxylic acids is 2. The zero-order valence-corrected chi connectivity index (χ0v) is 19.2. The maximum Gasteiger partial charge on any atom is 0.255 e. The predicted octanol–water partition coefficient (Wildman–Crippen LogP) is 3.12. The molecule has 1 heterocycles. The second-order valence-electron chi connectivity index (χ2n) is 7.73. The minimum Gasteiger partial charge on any atom is -0.497 e. The number of benzene rings is 2. The summed E-state index contributed by atoms with van der Waals surface area (Å²) < 4.78 is 31.0. The molecule has 0 bridgehead atoms. The van der Waals surface area contributed by atoms with Crippen molar-refractivity contribution < 1.29 is 22.7 Å². The summed E-state index contributed by atoms with van der Waals surface area (Å²) >= 11 is 0. The first-order chi connectivity index (χ1) is 15.3. The molecule has 32 heavy (non-hydrogen) atoms. The SMILES string of the molecule is COc1cccc(N(CCCC(=O)Nc2ccccc2C(=O)N2CCCC2)S(C)(=O)=O)c1. The molecule has 172 valence electrons. The third-order valence-corrected chi connectivity index (χ3v) is 6.53. The highest BCUT2D eigenvalue weighted by Gasteiger charge is 2.22. The Morgan fingerprint density at radius 2 is 1.81 bits per heavy atom.